The van der Waals surface area contributed by atoms with Crippen molar-refractivity contribution in [2.75, 3.05) is 0 Å². The molecule has 1 nitrogen and oxygen atoms in total. The van der Waals surface area contributed by atoms with E-state index in [0.717, 1.165) is 23.0 Å². The van der Waals surface area contributed by atoms with Crippen LogP contribution in [0.3, 0.4) is 0 Å². The summed E-state index contributed by atoms with van der Waals surface area (Å²) in [6.45, 7) is 6.50. The molecule has 0 aliphatic carbocycles. The third-order valence-corrected chi connectivity index (χ3v) is 3.76. The Labute approximate surface area is 134 Å². The van der Waals surface area contributed by atoms with Crippen molar-refractivity contribution < 1.29 is 13.2 Å². The van der Waals surface area contributed by atoms with Crippen LogP contribution < -0.4 is 0 Å². The Kier molecular flexibility index (Phi) is 5.14. The summed E-state index contributed by atoms with van der Waals surface area (Å²) >= 11 is 0. The smallest absolute Gasteiger partial charge is 0.341 e. The summed E-state index contributed by atoms with van der Waals surface area (Å²) in [5, 5.41) is 0. The lowest BCUT2D eigenvalue weighted by Crippen LogP contribution is -2.04. The van der Waals surface area contributed by atoms with Crippen LogP contribution in [0.25, 0.3) is 17.2 Å². The zero-order chi connectivity index (χ0) is 17.0. The molecule has 4 heteroatoms. The Morgan fingerprint density at radius 1 is 1.09 bits per heavy atom. The van der Waals surface area contributed by atoms with E-state index in [2.05, 4.69) is 4.57 Å². The highest BCUT2D eigenvalue weighted by Gasteiger charge is 2.30. The normalized spacial score (nSPS) is 12.6. The molecule has 1 aromatic carbocycles. The van der Waals surface area contributed by atoms with Gasteiger partial charge >= 0.3 is 6.18 Å². The molecule has 23 heavy (non-hydrogen) atoms. The summed E-state index contributed by atoms with van der Waals surface area (Å²) < 4.78 is 40.9. The van der Waals surface area contributed by atoms with E-state index in [1.165, 1.54) is 12.1 Å². The van der Waals surface area contributed by atoms with Gasteiger partial charge in [-0.1, -0.05) is 30.4 Å². The number of hydrogen-bond donors (Lipinski definition) is 0. The van der Waals surface area contributed by atoms with E-state index >= 15 is 0 Å². The third kappa shape index (κ3) is 3.76. The van der Waals surface area contributed by atoms with Crippen molar-refractivity contribution in [1.29, 1.82) is 0 Å². The van der Waals surface area contributed by atoms with Crippen LogP contribution in [0.15, 0.2) is 48.6 Å². The number of rotatable bonds is 4. The lowest BCUT2D eigenvalue weighted by Gasteiger charge is -2.10. The molecule has 122 valence electrons. The van der Waals surface area contributed by atoms with E-state index in [4.69, 9.17) is 0 Å². The van der Waals surface area contributed by atoms with Crippen molar-refractivity contribution in [1.82, 2.24) is 4.57 Å². The van der Waals surface area contributed by atoms with Crippen molar-refractivity contribution in [2.24, 2.45) is 0 Å². The monoisotopic (exact) mass is 319 g/mol. The molecule has 2 rings (SSSR count). The van der Waals surface area contributed by atoms with Crippen LogP contribution in [-0.2, 0) is 12.7 Å². The molecule has 0 aliphatic rings. The number of hydrogen-bond acceptors (Lipinski definition) is 0. The van der Waals surface area contributed by atoms with Gasteiger partial charge in [0.25, 0.3) is 0 Å². The molecule has 0 unspecified atom stereocenters. The van der Waals surface area contributed by atoms with E-state index in [1.807, 2.05) is 51.1 Å². The molecule has 0 saturated carbocycles. The Bertz CT molecular complexity index is 734. The number of alkyl halides is 3. The van der Waals surface area contributed by atoms with E-state index < -0.39 is 11.7 Å². The second-order valence-electron chi connectivity index (χ2n) is 5.33. The summed E-state index contributed by atoms with van der Waals surface area (Å²) in [4.78, 5) is 0. The van der Waals surface area contributed by atoms with E-state index in [0.29, 0.717) is 12.1 Å². The number of benzene rings is 1. The predicted molar refractivity (Wildman–Crippen MR) is 89.1 cm³/mol. The Morgan fingerprint density at radius 2 is 1.83 bits per heavy atom. The van der Waals surface area contributed by atoms with E-state index in [1.54, 1.807) is 6.07 Å². The van der Waals surface area contributed by atoms with Crippen LogP contribution in [0.1, 0.15) is 30.8 Å². The first-order valence-corrected chi connectivity index (χ1v) is 7.50. The molecule has 0 saturated heterocycles. The molecule has 0 aliphatic heterocycles. The fourth-order valence-electron chi connectivity index (χ4n) is 2.59. The maximum absolute atomic E-state index is 12.9. The first-order chi connectivity index (χ1) is 10.9. The molecule has 0 N–H and O–H groups in total. The predicted octanol–water partition coefficient (Wildman–Crippen LogP) is 6.09. The van der Waals surface area contributed by atoms with Gasteiger partial charge in [0, 0.05) is 23.5 Å². The van der Waals surface area contributed by atoms with Crippen LogP contribution in [0.2, 0.25) is 0 Å². The fourth-order valence-corrected chi connectivity index (χ4v) is 2.59. The van der Waals surface area contributed by atoms with E-state index in [-0.39, 0.29) is 0 Å². The molecule has 0 bridgehead atoms. The molecule has 0 spiro atoms. The minimum atomic E-state index is -4.33. The van der Waals surface area contributed by atoms with Crippen LogP contribution >= 0.6 is 0 Å². The van der Waals surface area contributed by atoms with Crippen LogP contribution in [0.5, 0.6) is 0 Å². The van der Waals surface area contributed by atoms with Gasteiger partial charge in [-0.05, 0) is 50.6 Å². The Hall–Kier alpha value is -2.23. The number of aromatic nitrogens is 1. The molecule has 0 atom stereocenters. The van der Waals surface area contributed by atoms with Gasteiger partial charge in [-0.15, -0.1) is 0 Å². The highest BCUT2D eigenvalue weighted by atomic mass is 19.4. The Morgan fingerprint density at radius 3 is 2.43 bits per heavy atom. The van der Waals surface area contributed by atoms with Gasteiger partial charge in [0.05, 0.1) is 5.56 Å². The quantitative estimate of drug-likeness (QED) is 0.601. The van der Waals surface area contributed by atoms with Crippen molar-refractivity contribution in [3.8, 4) is 11.1 Å². The van der Waals surface area contributed by atoms with Crippen molar-refractivity contribution in [3.63, 3.8) is 0 Å². The second-order valence-corrected chi connectivity index (χ2v) is 5.33. The third-order valence-electron chi connectivity index (χ3n) is 3.76. The van der Waals surface area contributed by atoms with Gasteiger partial charge in [-0.25, -0.2) is 0 Å². The maximum atomic E-state index is 12.9. The summed E-state index contributed by atoms with van der Waals surface area (Å²) in [6.07, 6.45) is 3.55. The molecule has 2 aromatic rings. The van der Waals surface area contributed by atoms with Crippen LogP contribution in [0, 0.1) is 6.92 Å². The summed E-state index contributed by atoms with van der Waals surface area (Å²) in [5.41, 5.74) is 2.73. The molecular weight excluding hydrogens is 299 g/mol. The van der Waals surface area contributed by atoms with Crippen molar-refractivity contribution in [2.45, 2.75) is 33.5 Å². The highest BCUT2D eigenvalue weighted by molar-refractivity contribution is 5.71. The lowest BCUT2D eigenvalue weighted by molar-refractivity contribution is -0.137. The summed E-state index contributed by atoms with van der Waals surface area (Å²) in [7, 11) is 0. The van der Waals surface area contributed by atoms with Crippen molar-refractivity contribution in [3.05, 3.63) is 65.5 Å². The maximum Gasteiger partial charge on any atom is 0.416 e. The molecule has 0 amide bonds. The largest absolute Gasteiger partial charge is 0.416 e. The van der Waals surface area contributed by atoms with Gasteiger partial charge in [-0.2, -0.15) is 13.2 Å². The molecule has 1 heterocycles. The van der Waals surface area contributed by atoms with Gasteiger partial charge in [-0.3, -0.25) is 0 Å². The minimum absolute atomic E-state index is 0.585. The fraction of sp³-hybridized carbons (Fsp3) is 0.263. The number of allylic oxidation sites excluding steroid dienone is 3. The van der Waals surface area contributed by atoms with Gasteiger partial charge in [0.1, 0.15) is 0 Å². The Balaban J connectivity index is 2.56. The van der Waals surface area contributed by atoms with Gasteiger partial charge < -0.3 is 4.57 Å². The average molecular weight is 319 g/mol. The van der Waals surface area contributed by atoms with Gasteiger partial charge in [0.2, 0.25) is 0 Å². The second kappa shape index (κ2) is 6.90. The minimum Gasteiger partial charge on any atom is -0.341 e. The van der Waals surface area contributed by atoms with Gasteiger partial charge in [0.15, 0.2) is 0 Å². The molecular formula is C19H20F3N. The standard InChI is InChI=1S/C19H20F3N/c1-4-6-11-23-14(3)18(13-17(23)8-5-2)15-9-7-10-16(12-15)19(20,21)22/h4-10,12-13H,11H2,1-3H3/b6-4+,8-5+. The average Bonchev–Trinajstić information content (AvgIpc) is 2.81. The zero-order valence-corrected chi connectivity index (χ0v) is 13.5. The zero-order valence-electron chi connectivity index (χ0n) is 13.5. The van der Waals surface area contributed by atoms with E-state index in [9.17, 15) is 13.2 Å². The SMILES string of the molecule is C/C=C/Cn1c(/C=C/C)cc(-c2cccc(C(F)(F)F)c2)c1C. The topological polar surface area (TPSA) is 4.93 Å². The first kappa shape index (κ1) is 17.1. The highest BCUT2D eigenvalue weighted by Crippen LogP contribution is 2.34. The lowest BCUT2D eigenvalue weighted by atomic mass is 10.0. The molecule has 0 fully saturated rings. The van der Waals surface area contributed by atoms with Crippen LogP contribution in [0.4, 0.5) is 13.2 Å². The summed E-state index contributed by atoms with van der Waals surface area (Å²) in [6, 6.07) is 7.42. The number of nitrogens with zero attached hydrogens (tertiary/aromatic N) is 1. The summed E-state index contributed by atoms with van der Waals surface area (Å²) in [5.74, 6) is 0. The number of halogens is 3. The molecule has 1 aromatic heterocycles. The van der Waals surface area contributed by atoms with Crippen LogP contribution in [-0.4, -0.2) is 4.57 Å². The van der Waals surface area contributed by atoms with Crippen molar-refractivity contribution >= 4 is 6.08 Å². The first-order valence-electron chi connectivity index (χ1n) is 7.50. The molecule has 0 radical (unpaired) electrons.